The standard InChI is InChI=1S/C20H25NO5/c1-13(8-14-4-3-5-16(9-14)20(25)26-2)21-11-19(24)15-6-7-18(23)17(10-15)12-22/h3-7,9-10,13,19,21-24H,8,11-12H2,1-2H3/t13-,19+/m1/s1. The number of hydrogen-bond donors (Lipinski definition) is 4. The first kappa shape index (κ1) is 19.9. The molecule has 0 amide bonds. The van der Waals surface area contributed by atoms with Gasteiger partial charge in [-0.2, -0.15) is 0 Å². The van der Waals surface area contributed by atoms with Gasteiger partial charge in [0.1, 0.15) is 5.75 Å². The Bertz CT molecular complexity index is 747. The molecule has 2 aromatic rings. The van der Waals surface area contributed by atoms with Crippen molar-refractivity contribution in [3.8, 4) is 5.75 Å². The molecule has 26 heavy (non-hydrogen) atoms. The normalized spacial score (nSPS) is 13.2. The van der Waals surface area contributed by atoms with Crippen molar-refractivity contribution in [3.63, 3.8) is 0 Å². The lowest BCUT2D eigenvalue weighted by Crippen LogP contribution is -2.32. The predicted octanol–water partition coefficient (Wildman–Crippen LogP) is 1.93. The maximum atomic E-state index is 11.6. The van der Waals surface area contributed by atoms with E-state index in [0.717, 1.165) is 5.56 Å². The summed E-state index contributed by atoms with van der Waals surface area (Å²) >= 11 is 0. The van der Waals surface area contributed by atoms with Crippen LogP contribution in [0.5, 0.6) is 5.75 Å². The molecule has 0 saturated heterocycles. The fourth-order valence-electron chi connectivity index (χ4n) is 2.74. The average Bonchev–Trinajstić information content (AvgIpc) is 2.66. The van der Waals surface area contributed by atoms with E-state index in [4.69, 9.17) is 4.74 Å². The number of ether oxygens (including phenoxy) is 1. The molecule has 0 radical (unpaired) electrons. The third-order valence-electron chi connectivity index (χ3n) is 4.21. The Morgan fingerprint density at radius 3 is 2.69 bits per heavy atom. The number of aromatic hydroxyl groups is 1. The molecule has 0 heterocycles. The molecular formula is C20H25NO5. The molecule has 6 nitrogen and oxygen atoms in total. The van der Waals surface area contributed by atoms with Crippen LogP contribution in [0.2, 0.25) is 0 Å². The number of rotatable bonds is 8. The first-order valence-corrected chi connectivity index (χ1v) is 8.46. The molecular weight excluding hydrogens is 334 g/mol. The van der Waals surface area contributed by atoms with E-state index in [2.05, 4.69) is 5.32 Å². The summed E-state index contributed by atoms with van der Waals surface area (Å²) in [6.45, 7) is 2.04. The van der Waals surface area contributed by atoms with Gasteiger partial charge in [0.25, 0.3) is 0 Å². The fourth-order valence-corrected chi connectivity index (χ4v) is 2.74. The summed E-state index contributed by atoms with van der Waals surface area (Å²) in [6, 6.07) is 12.0. The Morgan fingerprint density at radius 1 is 1.23 bits per heavy atom. The first-order chi connectivity index (χ1) is 12.4. The van der Waals surface area contributed by atoms with Gasteiger partial charge >= 0.3 is 5.97 Å². The van der Waals surface area contributed by atoms with Gasteiger partial charge in [-0.3, -0.25) is 0 Å². The highest BCUT2D eigenvalue weighted by molar-refractivity contribution is 5.89. The van der Waals surface area contributed by atoms with Crippen molar-refractivity contribution in [2.24, 2.45) is 0 Å². The minimum atomic E-state index is -0.759. The Hall–Kier alpha value is -2.41. The molecule has 0 bridgehead atoms. The quantitative estimate of drug-likeness (QED) is 0.538. The molecule has 0 aliphatic rings. The third-order valence-corrected chi connectivity index (χ3v) is 4.21. The van der Waals surface area contributed by atoms with Gasteiger partial charge in [-0.1, -0.05) is 18.2 Å². The lowest BCUT2D eigenvalue weighted by Gasteiger charge is -2.18. The van der Waals surface area contributed by atoms with Crippen molar-refractivity contribution >= 4 is 5.97 Å². The molecule has 4 N–H and O–H groups in total. The Morgan fingerprint density at radius 2 is 2.00 bits per heavy atom. The van der Waals surface area contributed by atoms with Crippen molar-refractivity contribution in [2.45, 2.75) is 32.1 Å². The molecule has 2 atom stereocenters. The number of carbonyl (C=O) groups excluding carboxylic acids is 1. The molecule has 140 valence electrons. The molecule has 0 saturated carbocycles. The van der Waals surface area contributed by atoms with E-state index in [1.165, 1.54) is 13.2 Å². The zero-order valence-corrected chi connectivity index (χ0v) is 15.0. The number of carbonyl (C=O) groups is 1. The predicted molar refractivity (Wildman–Crippen MR) is 97.9 cm³/mol. The van der Waals surface area contributed by atoms with Crippen molar-refractivity contribution in [1.82, 2.24) is 5.32 Å². The molecule has 6 heteroatoms. The Balaban J connectivity index is 1.92. The molecule has 2 rings (SSSR count). The number of nitrogens with one attached hydrogen (secondary N) is 1. The lowest BCUT2D eigenvalue weighted by molar-refractivity contribution is 0.0600. The maximum Gasteiger partial charge on any atom is 0.337 e. The van der Waals surface area contributed by atoms with Gasteiger partial charge in [0, 0.05) is 18.2 Å². The summed E-state index contributed by atoms with van der Waals surface area (Å²) in [5, 5.41) is 32.3. The molecule has 0 aliphatic heterocycles. The van der Waals surface area contributed by atoms with E-state index < -0.39 is 6.10 Å². The second-order valence-corrected chi connectivity index (χ2v) is 6.27. The molecule has 0 spiro atoms. The van der Waals surface area contributed by atoms with Crippen LogP contribution in [0.3, 0.4) is 0 Å². The maximum absolute atomic E-state index is 11.6. The monoisotopic (exact) mass is 359 g/mol. The van der Waals surface area contributed by atoms with Gasteiger partial charge in [-0.05, 0) is 48.7 Å². The summed E-state index contributed by atoms with van der Waals surface area (Å²) in [7, 11) is 1.35. The van der Waals surface area contributed by atoms with Gasteiger partial charge in [-0.25, -0.2) is 4.79 Å². The summed E-state index contributed by atoms with van der Waals surface area (Å²) in [6.07, 6.45) is -0.0700. The largest absolute Gasteiger partial charge is 0.508 e. The second kappa shape index (κ2) is 9.33. The zero-order valence-electron chi connectivity index (χ0n) is 15.0. The number of aliphatic hydroxyl groups is 2. The van der Waals surface area contributed by atoms with Crippen molar-refractivity contribution in [3.05, 3.63) is 64.7 Å². The Kier molecular flexibility index (Phi) is 7.15. The lowest BCUT2D eigenvalue weighted by atomic mass is 10.0. The van der Waals surface area contributed by atoms with Crippen LogP contribution in [-0.4, -0.2) is 41.0 Å². The van der Waals surface area contributed by atoms with Gasteiger partial charge in [-0.15, -0.1) is 0 Å². The summed E-state index contributed by atoms with van der Waals surface area (Å²) < 4.78 is 4.73. The van der Waals surface area contributed by atoms with Crippen LogP contribution in [0.1, 0.15) is 40.1 Å². The minimum Gasteiger partial charge on any atom is -0.508 e. The van der Waals surface area contributed by atoms with Crippen LogP contribution in [0.15, 0.2) is 42.5 Å². The van der Waals surface area contributed by atoms with Crippen molar-refractivity contribution in [2.75, 3.05) is 13.7 Å². The van der Waals surface area contributed by atoms with Crippen LogP contribution >= 0.6 is 0 Å². The van der Waals surface area contributed by atoms with Crippen LogP contribution < -0.4 is 5.32 Å². The van der Waals surface area contributed by atoms with Gasteiger partial charge in [0.15, 0.2) is 0 Å². The summed E-state index contributed by atoms with van der Waals surface area (Å²) in [5.74, 6) is -0.356. The van der Waals surface area contributed by atoms with Crippen LogP contribution in [-0.2, 0) is 17.8 Å². The van der Waals surface area contributed by atoms with E-state index in [1.807, 2.05) is 19.1 Å². The molecule has 0 aromatic heterocycles. The molecule has 0 unspecified atom stereocenters. The number of aliphatic hydroxyl groups excluding tert-OH is 2. The van der Waals surface area contributed by atoms with Gasteiger partial charge in [0.05, 0.1) is 25.4 Å². The molecule has 2 aromatic carbocycles. The number of benzene rings is 2. The van der Waals surface area contributed by atoms with Crippen molar-refractivity contribution in [1.29, 1.82) is 0 Å². The van der Waals surface area contributed by atoms with E-state index in [-0.39, 0.29) is 24.4 Å². The van der Waals surface area contributed by atoms with Crippen LogP contribution in [0, 0.1) is 0 Å². The number of hydrogen-bond acceptors (Lipinski definition) is 6. The molecule has 0 fully saturated rings. The van der Waals surface area contributed by atoms with Crippen molar-refractivity contribution < 1.29 is 24.9 Å². The number of phenols is 1. The smallest absolute Gasteiger partial charge is 0.337 e. The van der Waals surface area contributed by atoms with E-state index >= 15 is 0 Å². The second-order valence-electron chi connectivity index (χ2n) is 6.27. The minimum absolute atomic E-state index is 0.00950. The SMILES string of the molecule is COC(=O)c1cccc(C[C@@H](C)NC[C@H](O)c2ccc(O)c(CO)c2)c1. The highest BCUT2D eigenvalue weighted by Gasteiger charge is 2.13. The Labute approximate surface area is 153 Å². The highest BCUT2D eigenvalue weighted by Crippen LogP contribution is 2.22. The first-order valence-electron chi connectivity index (χ1n) is 8.46. The van der Waals surface area contributed by atoms with E-state index in [1.54, 1.807) is 24.3 Å². The van der Waals surface area contributed by atoms with Crippen LogP contribution in [0.25, 0.3) is 0 Å². The number of esters is 1. The topological polar surface area (TPSA) is 99.0 Å². The molecule has 0 aliphatic carbocycles. The fraction of sp³-hybridized carbons (Fsp3) is 0.350. The summed E-state index contributed by atoms with van der Waals surface area (Å²) in [5.41, 5.74) is 2.51. The van der Waals surface area contributed by atoms with E-state index in [9.17, 15) is 20.1 Å². The number of methoxy groups -OCH3 is 1. The van der Waals surface area contributed by atoms with Gasteiger partial charge in [0.2, 0.25) is 0 Å². The zero-order chi connectivity index (χ0) is 19.1. The van der Waals surface area contributed by atoms with Gasteiger partial charge < -0.3 is 25.4 Å². The highest BCUT2D eigenvalue weighted by atomic mass is 16.5. The third kappa shape index (κ3) is 5.29. The average molecular weight is 359 g/mol. The summed E-state index contributed by atoms with van der Waals surface area (Å²) in [4.78, 5) is 11.6. The van der Waals surface area contributed by atoms with E-state index in [0.29, 0.717) is 29.7 Å². The van der Waals surface area contributed by atoms with Crippen LogP contribution in [0.4, 0.5) is 0 Å².